The highest BCUT2D eigenvalue weighted by Gasteiger charge is 2.14. The fraction of sp³-hybridized carbons (Fsp3) is 0.188. The summed E-state index contributed by atoms with van der Waals surface area (Å²) in [5.74, 6) is 2.52. The average Bonchev–Trinajstić information content (AvgIpc) is 3.65. The van der Waals surface area contributed by atoms with E-state index in [0.717, 1.165) is 44.8 Å². The molecule has 2 aromatic carbocycles. The van der Waals surface area contributed by atoms with E-state index < -0.39 is 0 Å². The van der Waals surface area contributed by atoms with Crippen molar-refractivity contribution in [1.29, 1.82) is 0 Å². The predicted molar refractivity (Wildman–Crippen MR) is 180 cm³/mol. The minimum Gasteiger partial charge on any atom is -0.494 e. The number of methoxy groups -OCH3 is 2. The van der Waals surface area contributed by atoms with E-state index in [1.54, 1.807) is 39.0 Å². The summed E-state index contributed by atoms with van der Waals surface area (Å²) in [4.78, 5) is 25.1. The lowest BCUT2D eigenvalue weighted by Gasteiger charge is -2.11. The van der Waals surface area contributed by atoms with Crippen LogP contribution in [-0.4, -0.2) is 44.1 Å². The molecule has 0 unspecified atom stereocenters. The Bertz CT molecular complexity index is 1760. The van der Waals surface area contributed by atoms with Gasteiger partial charge in [0.05, 0.1) is 50.4 Å². The topological polar surface area (TPSA) is 166 Å². The summed E-state index contributed by atoms with van der Waals surface area (Å²) in [5, 5.41) is 5.03. The van der Waals surface area contributed by atoms with Crippen LogP contribution in [0.5, 0.6) is 35.0 Å². The first kappa shape index (κ1) is 32.1. The smallest absolute Gasteiger partial charge is 0.322 e. The third-order valence-corrected chi connectivity index (χ3v) is 8.01. The number of nitrogens with two attached hydrogens (primary N) is 2. The molecular weight excluding hydrogens is 625 g/mol. The zero-order chi connectivity index (χ0) is 32.8. The van der Waals surface area contributed by atoms with E-state index in [2.05, 4.69) is 29.9 Å². The van der Waals surface area contributed by atoms with Crippen LogP contribution < -0.4 is 30.4 Å². The molecule has 236 valence electrons. The molecule has 14 heteroatoms. The highest BCUT2D eigenvalue weighted by Crippen LogP contribution is 2.34. The van der Waals surface area contributed by atoms with Gasteiger partial charge in [0, 0.05) is 21.9 Å². The van der Waals surface area contributed by atoms with Gasteiger partial charge in [-0.2, -0.15) is 19.9 Å². The minimum atomic E-state index is 0.273. The maximum Gasteiger partial charge on any atom is 0.322 e. The van der Waals surface area contributed by atoms with Crippen molar-refractivity contribution >= 4 is 32.9 Å². The molecule has 0 aliphatic carbocycles. The molecule has 12 nitrogen and oxygen atoms in total. The minimum absolute atomic E-state index is 0.273. The molecule has 4 heterocycles. The van der Waals surface area contributed by atoms with E-state index in [1.807, 2.05) is 62.7 Å². The number of aromatic nitrogens is 6. The fourth-order valence-electron chi connectivity index (χ4n) is 4.71. The van der Waals surface area contributed by atoms with Crippen molar-refractivity contribution in [3.63, 3.8) is 0 Å². The summed E-state index contributed by atoms with van der Waals surface area (Å²) in [5.41, 5.74) is 19.6. The van der Waals surface area contributed by atoms with Gasteiger partial charge < -0.3 is 30.4 Å². The van der Waals surface area contributed by atoms with Crippen LogP contribution in [0, 0.1) is 27.7 Å². The number of anilines is 2. The van der Waals surface area contributed by atoms with Gasteiger partial charge in [-0.1, -0.05) is 0 Å². The predicted octanol–water partition coefficient (Wildman–Crippen LogP) is 7.20. The third kappa shape index (κ3) is 7.65. The second-order valence-corrected chi connectivity index (χ2v) is 11.8. The quantitative estimate of drug-likeness (QED) is 0.169. The van der Waals surface area contributed by atoms with Crippen LogP contribution in [-0.2, 0) is 0 Å². The summed E-state index contributed by atoms with van der Waals surface area (Å²) < 4.78 is 21.5. The van der Waals surface area contributed by atoms with Gasteiger partial charge >= 0.3 is 12.0 Å². The van der Waals surface area contributed by atoms with Gasteiger partial charge in [0.15, 0.2) is 21.8 Å². The monoisotopic (exact) mass is 656 g/mol. The van der Waals surface area contributed by atoms with Crippen LogP contribution in [0.15, 0.2) is 59.8 Å². The first-order valence-electron chi connectivity index (χ1n) is 13.9. The largest absolute Gasteiger partial charge is 0.494 e. The Morgan fingerprint density at radius 2 is 0.848 bits per heavy atom. The molecule has 4 aromatic heterocycles. The Kier molecular flexibility index (Phi) is 9.88. The molecule has 0 spiro atoms. The molecule has 6 rings (SSSR count). The Hall–Kier alpha value is -5.34. The molecule has 0 atom stereocenters. The molecule has 0 amide bonds. The van der Waals surface area contributed by atoms with E-state index in [0.29, 0.717) is 33.3 Å². The number of nitrogen functional groups attached to an aromatic ring is 2. The highest BCUT2D eigenvalue weighted by atomic mass is 32.1. The number of hydrogen-bond donors (Lipinski definition) is 2. The third-order valence-electron chi connectivity index (χ3n) is 6.67. The van der Waals surface area contributed by atoms with Crippen LogP contribution in [0.2, 0.25) is 0 Å². The van der Waals surface area contributed by atoms with Gasteiger partial charge in [-0.15, -0.1) is 22.7 Å². The normalized spacial score (nSPS) is 10.6. The Balaban J connectivity index is 0.000000181. The number of aryl methyl sites for hydroxylation is 4. The standard InChI is InChI=1S/2C16H16N4O2S/c2*1-9-4-11(22-16-18-6-12(21-3)7-19-16)5-10(2)14(9)13-8-23-15(17)20-13/h2*4-8H,1-3H3,(H2,17,20). The number of nitrogens with zero attached hydrogens (tertiary/aromatic N) is 6. The van der Waals surface area contributed by atoms with E-state index >= 15 is 0 Å². The van der Waals surface area contributed by atoms with Crippen molar-refractivity contribution < 1.29 is 18.9 Å². The number of thiazole rings is 2. The Labute approximate surface area is 274 Å². The van der Waals surface area contributed by atoms with Gasteiger partial charge in [0.25, 0.3) is 0 Å². The second kappa shape index (κ2) is 14.2. The highest BCUT2D eigenvalue weighted by molar-refractivity contribution is 7.14. The number of rotatable bonds is 8. The van der Waals surface area contributed by atoms with Gasteiger partial charge in [-0.05, 0) is 74.2 Å². The van der Waals surface area contributed by atoms with Crippen LogP contribution in [0.3, 0.4) is 0 Å². The fourth-order valence-corrected chi connectivity index (χ4v) is 5.82. The zero-order valence-corrected chi connectivity index (χ0v) is 27.7. The van der Waals surface area contributed by atoms with Gasteiger partial charge in [-0.25, -0.2) is 9.97 Å². The average molecular weight is 657 g/mol. The molecule has 4 N–H and O–H groups in total. The van der Waals surface area contributed by atoms with Crippen molar-refractivity contribution in [1.82, 2.24) is 29.9 Å². The second-order valence-electron chi connectivity index (χ2n) is 10.0. The molecule has 46 heavy (non-hydrogen) atoms. The number of ether oxygens (including phenoxy) is 4. The zero-order valence-electron chi connectivity index (χ0n) is 26.1. The van der Waals surface area contributed by atoms with Crippen LogP contribution in [0.25, 0.3) is 22.5 Å². The summed E-state index contributed by atoms with van der Waals surface area (Å²) in [7, 11) is 3.13. The first-order valence-corrected chi connectivity index (χ1v) is 15.6. The van der Waals surface area contributed by atoms with Crippen molar-refractivity contribution in [2.24, 2.45) is 0 Å². The van der Waals surface area contributed by atoms with Crippen molar-refractivity contribution in [2.75, 3.05) is 25.7 Å². The lowest BCUT2D eigenvalue weighted by Crippen LogP contribution is -1.95. The van der Waals surface area contributed by atoms with E-state index in [4.69, 9.17) is 30.4 Å². The van der Waals surface area contributed by atoms with Crippen LogP contribution in [0.4, 0.5) is 10.3 Å². The van der Waals surface area contributed by atoms with E-state index in [9.17, 15) is 0 Å². The van der Waals surface area contributed by atoms with E-state index in [1.165, 1.54) is 22.7 Å². The van der Waals surface area contributed by atoms with Crippen LogP contribution in [0.1, 0.15) is 22.3 Å². The lowest BCUT2D eigenvalue weighted by molar-refractivity contribution is 0.399. The molecule has 0 saturated heterocycles. The summed E-state index contributed by atoms with van der Waals surface area (Å²) in [6.07, 6.45) is 6.26. The van der Waals surface area contributed by atoms with E-state index in [-0.39, 0.29) is 12.0 Å². The molecular formula is C32H32N8O4S2. The Morgan fingerprint density at radius 3 is 1.11 bits per heavy atom. The molecule has 0 bridgehead atoms. The summed E-state index contributed by atoms with van der Waals surface area (Å²) in [6, 6.07) is 8.29. The first-order chi connectivity index (χ1) is 22.1. The van der Waals surface area contributed by atoms with Crippen LogP contribution >= 0.6 is 22.7 Å². The summed E-state index contributed by atoms with van der Waals surface area (Å²) in [6.45, 7) is 8.05. The number of hydrogen-bond acceptors (Lipinski definition) is 14. The maximum atomic E-state index is 5.73. The molecule has 0 saturated carbocycles. The van der Waals surface area contributed by atoms with Crippen molar-refractivity contribution in [3.8, 4) is 57.5 Å². The van der Waals surface area contributed by atoms with Gasteiger partial charge in [0.2, 0.25) is 0 Å². The summed E-state index contributed by atoms with van der Waals surface area (Å²) >= 11 is 2.86. The van der Waals surface area contributed by atoms with Crippen molar-refractivity contribution in [2.45, 2.75) is 27.7 Å². The Morgan fingerprint density at radius 1 is 0.522 bits per heavy atom. The molecule has 0 aliphatic rings. The molecule has 0 fully saturated rings. The van der Waals surface area contributed by atoms with Crippen molar-refractivity contribution in [3.05, 3.63) is 82.1 Å². The maximum absolute atomic E-state index is 5.73. The molecule has 0 radical (unpaired) electrons. The van der Waals surface area contributed by atoms with Gasteiger partial charge in [-0.3, -0.25) is 0 Å². The molecule has 6 aromatic rings. The number of benzene rings is 2. The SMILES string of the molecule is COc1cnc(Oc2cc(C)c(-c3csc(N)n3)c(C)c2)nc1.COc1cnc(Oc2cc(C)c(-c3csc(N)n3)c(C)c2)nc1. The van der Waals surface area contributed by atoms with Gasteiger partial charge in [0.1, 0.15) is 11.5 Å². The lowest BCUT2D eigenvalue weighted by atomic mass is 10.0. The molecule has 0 aliphatic heterocycles.